The lowest BCUT2D eigenvalue weighted by atomic mass is 9.96. The number of carbonyl (C=O) groups is 2. The maximum Gasteiger partial charge on any atom is 0.348 e. The van der Waals surface area contributed by atoms with E-state index < -0.39 is 11.9 Å². The largest absolute Gasteiger partial charge is 0.462 e. The Morgan fingerprint density at radius 1 is 0.844 bits per heavy atom. The van der Waals surface area contributed by atoms with E-state index in [-0.39, 0.29) is 29.9 Å². The highest BCUT2D eigenvalue weighted by Crippen LogP contribution is 2.37. The van der Waals surface area contributed by atoms with E-state index in [4.69, 9.17) is 9.47 Å². The maximum absolute atomic E-state index is 12.1. The smallest absolute Gasteiger partial charge is 0.348 e. The number of nitriles is 3. The van der Waals surface area contributed by atoms with Crippen LogP contribution < -0.4 is 9.80 Å². The van der Waals surface area contributed by atoms with Gasteiger partial charge in [0, 0.05) is 39.3 Å². The molecule has 0 bridgehead atoms. The fourth-order valence-corrected chi connectivity index (χ4v) is 3.00. The van der Waals surface area contributed by atoms with Gasteiger partial charge in [0.05, 0.1) is 30.2 Å². The Morgan fingerprint density at radius 2 is 1.22 bits per heavy atom. The van der Waals surface area contributed by atoms with E-state index in [0.29, 0.717) is 22.5 Å². The van der Waals surface area contributed by atoms with E-state index in [2.05, 4.69) is 6.07 Å². The summed E-state index contributed by atoms with van der Waals surface area (Å²) in [4.78, 5) is 27.7. The minimum absolute atomic E-state index is 0.0977. The molecule has 166 valence electrons. The normalized spacial score (nSPS) is 11.0. The van der Waals surface area contributed by atoms with Crippen molar-refractivity contribution in [3.8, 4) is 18.2 Å². The molecule has 0 aromatic heterocycles. The first-order chi connectivity index (χ1) is 15.2. The first kappa shape index (κ1) is 25.7. The quantitative estimate of drug-likeness (QED) is 0.343. The molecule has 0 fully saturated rings. The van der Waals surface area contributed by atoms with Gasteiger partial charge in [0.15, 0.2) is 0 Å². The molecule has 1 aromatic carbocycles. The fourth-order valence-electron chi connectivity index (χ4n) is 3.00. The summed E-state index contributed by atoms with van der Waals surface area (Å²) in [6, 6.07) is 7.39. The molecule has 0 aliphatic heterocycles. The molecule has 0 heterocycles. The van der Waals surface area contributed by atoms with E-state index in [9.17, 15) is 25.4 Å². The summed E-state index contributed by atoms with van der Waals surface area (Å²) < 4.78 is 9.85. The third-order valence-electron chi connectivity index (χ3n) is 4.17. The molecule has 0 amide bonds. The van der Waals surface area contributed by atoms with Crippen LogP contribution in [0.5, 0.6) is 0 Å². The summed E-state index contributed by atoms with van der Waals surface area (Å²) in [5.41, 5.74) is 1.39. The van der Waals surface area contributed by atoms with Gasteiger partial charge in [-0.3, -0.25) is 0 Å². The van der Waals surface area contributed by atoms with Gasteiger partial charge in [-0.15, -0.1) is 0 Å². The topological polar surface area (TPSA) is 130 Å². The molecule has 1 rings (SSSR count). The average Bonchev–Trinajstić information content (AvgIpc) is 2.74. The molecule has 1 aromatic rings. The van der Waals surface area contributed by atoms with Gasteiger partial charge in [0.2, 0.25) is 0 Å². The number of hydrogen-bond acceptors (Lipinski definition) is 9. The van der Waals surface area contributed by atoms with Crippen LogP contribution in [0.25, 0.3) is 12.2 Å². The van der Waals surface area contributed by atoms with Gasteiger partial charge in [-0.05, 0) is 32.1 Å². The molecule has 0 spiro atoms. The third kappa shape index (κ3) is 5.87. The molecule has 0 aliphatic carbocycles. The van der Waals surface area contributed by atoms with E-state index in [1.54, 1.807) is 57.9 Å². The van der Waals surface area contributed by atoms with Crippen LogP contribution in [0.15, 0.2) is 17.2 Å². The highest BCUT2D eigenvalue weighted by molar-refractivity contribution is 6.02. The number of carbonyl (C=O) groups excluding carboxylic acids is 2. The van der Waals surface area contributed by atoms with Gasteiger partial charge in [-0.2, -0.15) is 15.8 Å². The number of hydrogen-bond donors (Lipinski definition) is 0. The van der Waals surface area contributed by atoms with Crippen LogP contribution >= 0.6 is 0 Å². The molecule has 0 N–H and O–H groups in total. The fraction of sp³-hybridized carbons (Fsp3) is 0.348. The first-order valence-corrected chi connectivity index (χ1v) is 9.70. The Labute approximate surface area is 188 Å². The lowest BCUT2D eigenvalue weighted by molar-refractivity contribution is -0.138. The number of ether oxygens (including phenoxy) is 2. The number of nitrogens with zero attached hydrogens (tertiary/aromatic N) is 5. The van der Waals surface area contributed by atoms with Gasteiger partial charge >= 0.3 is 11.9 Å². The minimum atomic E-state index is -0.795. The maximum atomic E-state index is 12.1. The molecule has 32 heavy (non-hydrogen) atoms. The van der Waals surface area contributed by atoms with Crippen molar-refractivity contribution in [2.24, 2.45) is 0 Å². The molecule has 0 saturated carbocycles. The lowest BCUT2D eigenvalue weighted by Crippen LogP contribution is -2.18. The van der Waals surface area contributed by atoms with Crippen molar-refractivity contribution in [1.82, 2.24) is 0 Å². The lowest BCUT2D eigenvalue weighted by Gasteiger charge is -2.25. The standard InChI is InChI=1S/C23H25N5O4/c1-7-31-22(29)17(12-24)10-15-9-16(11-18(13-25)23(30)32-8-2)21(28(5)6)19(14-26)20(15)27(3)4/h9-11H,7-8H2,1-6H3/b17-10-,18-11+. The Morgan fingerprint density at radius 3 is 1.47 bits per heavy atom. The molecule has 0 saturated heterocycles. The Hall–Kier alpha value is -4.29. The SMILES string of the molecule is CCOC(=O)/C(C#N)=C\c1cc(/C=C(\C#N)C(=O)OCC)c(N(C)C)c(C#N)c1N(C)C. The third-order valence-corrected chi connectivity index (χ3v) is 4.17. The number of rotatable bonds is 8. The van der Waals surface area contributed by atoms with Crippen LogP contribution in [-0.2, 0) is 19.1 Å². The second kappa shape index (κ2) is 11.8. The zero-order chi connectivity index (χ0) is 24.4. The van der Waals surface area contributed by atoms with Gasteiger partial charge < -0.3 is 19.3 Å². The van der Waals surface area contributed by atoms with Crippen molar-refractivity contribution in [1.29, 1.82) is 15.8 Å². The van der Waals surface area contributed by atoms with Crippen LogP contribution in [0.3, 0.4) is 0 Å². The van der Waals surface area contributed by atoms with Crippen molar-refractivity contribution in [3.05, 3.63) is 33.9 Å². The molecule has 0 atom stereocenters. The average molecular weight is 435 g/mol. The summed E-state index contributed by atoms with van der Waals surface area (Å²) >= 11 is 0. The van der Waals surface area contributed by atoms with Crippen LogP contribution in [0, 0.1) is 34.0 Å². The summed E-state index contributed by atoms with van der Waals surface area (Å²) in [7, 11) is 6.88. The second-order valence-corrected chi connectivity index (χ2v) is 6.81. The zero-order valence-electron chi connectivity index (χ0n) is 19.0. The van der Waals surface area contributed by atoms with Gasteiger partial charge in [-0.1, -0.05) is 0 Å². The Kier molecular flexibility index (Phi) is 9.48. The summed E-state index contributed by atoms with van der Waals surface area (Å²) in [6.45, 7) is 3.44. The van der Waals surface area contributed by atoms with Crippen LogP contribution in [0.1, 0.15) is 30.5 Å². The predicted molar refractivity (Wildman–Crippen MR) is 120 cm³/mol. The van der Waals surface area contributed by atoms with Gasteiger partial charge in [-0.25, -0.2) is 9.59 Å². The van der Waals surface area contributed by atoms with E-state index in [0.717, 1.165) is 0 Å². The minimum Gasteiger partial charge on any atom is -0.462 e. The van der Waals surface area contributed by atoms with E-state index in [1.165, 1.54) is 12.2 Å². The van der Waals surface area contributed by atoms with Crippen molar-refractivity contribution >= 4 is 35.5 Å². The predicted octanol–water partition coefficient (Wildman–Crippen LogP) is 2.63. The van der Waals surface area contributed by atoms with Crippen LogP contribution in [0.2, 0.25) is 0 Å². The molecular weight excluding hydrogens is 410 g/mol. The van der Waals surface area contributed by atoms with Crippen LogP contribution in [-0.4, -0.2) is 53.3 Å². The Bertz CT molecular complexity index is 1000. The molecule has 0 unspecified atom stereocenters. The summed E-state index contributed by atoms with van der Waals surface area (Å²) in [5.74, 6) is -1.59. The van der Waals surface area contributed by atoms with Crippen molar-refractivity contribution < 1.29 is 19.1 Å². The van der Waals surface area contributed by atoms with Crippen molar-refractivity contribution in [3.63, 3.8) is 0 Å². The monoisotopic (exact) mass is 435 g/mol. The summed E-state index contributed by atoms with van der Waals surface area (Å²) in [6.07, 6.45) is 2.64. The second-order valence-electron chi connectivity index (χ2n) is 6.81. The molecular formula is C23H25N5O4. The van der Waals surface area contributed by atoms with E-state index in [1.807, 2.05) is 12.1 Å². The van der Waals surface area contributed by atoms with Crippen molar-refractivity contribution in [2.45, 2.75) is 13.8 Å². The van der Waals surface area contributed by atoms with E-state index >= 15 is 0 Å². The molecule has 0 radical (unpaired) electrons. The zero-order valence-corrected chi connectivity index (χ0v) is 19.0. The first-order valence-electron chi connectivity index (χ1n) is 9.70. The number of benzene rings is 1. The highest BCUT2D eigenvalue weighted by atomic mass is 16.5. The Balaban J connectivity index is 4.05. The molecule has 0 aliphatic rings. The van der Waals surface area contributed by atoms with Gasteiger partial charge in [0.1, 0.15) is 29.4 Å². The van der Waals surface area contributed by atoms with Crippen LogP contribution in [0.4, 0.5) is 11.4 Å². The number of anilines is 2. The highest BCUT2D eigenvalue weighted by Gasteiger charge is 2.22. The molecule has 9 heteroatoms. The summed E-state index contributed by atoms with van der Waals surface area (Å²) in [5, 5.41) is 28.8. The van der Waals surface area contributed by atoms with Gasteiger partial charge in [0.25, 0.3) is 0 Å². The number of esters is 2. The van der Waals surface area contributed by atoms with Crippen molar-refractivity contribution in [2.75, 3.05) is 51.2 Å². The molecule has 9 nitrogen and oxygen atoms in total.